The van der Waals surface area contributed by atoms with Crippen LogP contribution < -0.4 is 0 Å². The van der Waals surface area contributed by atoms with Crippen molar-refractivity contribution in [2.75, 3.05) is 0 Å². The molecule has 0 aromatic carbocycles. The summed E-state index contributed by atoms with van der Waals surface area (Å²) in [4.78, 5) is 2.06. The van der Waals surface area contributed by atoms with E-state index in [2.05, 4.69) is 27.2 Å². The average Bonchev–Trinajstić information content (AvgIpc) is 0.918. The molecule has 0 aliphatic rings. The number of terminal acetylenes is 1. The zero-order valence-corrected chi connectivity index (χ0v) is 3.04. The number of hydrogen-bond donors (Lipinski definition) is 0. The van der Waals surface area contributed by atoms with E-state index in [0.29, 0.717) is 0 Å². The second-order valence-electron chi connectivity index (χ2n) is 0.109. The summed E-state index contributed by atoms with van der Waals surface area (Å²) in [6.07, 6.45) is 4.51. The standard InChI is InChI=1S/C2HBr.2Mg.4H/c1-2-3;;;;;;/h1H;;;;;;. The summed E-state index contributed by atoms with van der Waals surface area (Å²) in [5.74, 6) is 0. The average molecular weight is 158 g/mol. The van der Waals surface area contributed by atoms with Gasteiger partial charge in [-0.15, -0.1) is 6.42 Å². The quantitative estimate of drug-likeness (QED) is 0.317. The first kappa shape index (κ1) is 16.0. The Hall–Kier alpha value is 1.57. The Labute approximate surface area is 72.5 Å². The summed E-state index contributed by atoms with van der Waals surface area (Å²) in [5, 5.41) is 0. The Morgan fingerprint density at radius 3 is 1.40 bits per heavy atom. The number of halogens is 1. The highest BCUT2D eigenvalue weighted by Crippen LogP contribution is 1.58. The molecule has 0 amide bonds. The van der Waals surface area contributed by atoms with Gasteiger partial charge in [-0.1, -0.05) is 0 Å². The van der Waals surface area contributed by atoms with Gasteiger partial charge in [-0.3, -0.25) is 0 Å². The molecule has 0 radical (unpaired) electrons. The topological polar surface area (TPSA) is 0 Å². The summed E-state index contributed by atoms with van der Waals surface area (Å²) in [7, 11) is 0. The van der Waals surface area contributed by atoms with Crippen molar-refractivity contribution >= 4 is 62.0 Å². The fourth-order valence-electron chi connectivity index (χ4n) is 0. The molecule has 0 rings (SSSR count). The molecule has 0 N–H and O–H groups in total. The van der Waals surface area contributed by atoms with E-state index in [1.165, 1.54) is 0 Å². The normalized spacial score (nSPS) is 1.60. The third kappa shape index (κ3) is 28.8. The molecule has 0 aromatic heterocycles. The monoisotopic (exact) mass is 156 g/mol. The van der Waals surface area contributed by atoms with Crippen molar-refractivity contribution in [3.8, 4) is 11.3 Å². The molecule has 0 spiro atoms. The molecule has 0 heterocycles. The Morgan fingerprint density at radius 1 is 1.40 bits per heavy atom. The third-order valence-electron chi connectivity index (χ3n) is 0. The summed E-state index contributed by atoms with van der Waals surface area (Å²) < 4.78 is 0. The van der Waals surface area contributed by atoms with Gasteiger partial charge >= 0.3 is 46.1 Å². The molecule has 0 unspecified atom stereocenters. The van der Waals surface area contributed by atoms with Crippen LogP contribution in [0.15, 0.2) is 0 Å². The summed E-state index contributed by atoms with van der Waals surface area (Å²) in [6.45, 7) is 0. The van der Waals surface area contributed by atoms with E-state index in [-0.39, 0.29) is 46.1 Å². The molecule has 0 nitrogen and oxygen atoms in total. The highest BCUT2D eigenvalue weighted by molar-refractivity contribution is 9.12. The Bertz CT molecular complexity index is 29.1. The van der Waals surface area contributed by atoms with Crippen molar-refractivity contribution < 1.29 is 0 Å². The van der Waals surface area contributed by atoms with Crippen LogP contribution in [0.25, 0.3) is 0 Å². The summed E-state index contributed by atoms with van der Waals surface area (Å²) in [5.41, 5.74) is 0. The molecule has 0 atom stereocenters. The SMILES string of the molecule is C#CBr.[MgH2].[MgH2]. The minimum Gasteiger partial charge on any atom is -0.108 e. The van der Waals surface area contributed by atoms with Gasteiger partial charge in [-0.05, 0) is 4.83 Å². The predicted octanol–water partition coefficient (Wildman–Crippen LogP) is -0.860. The smallest absolute Gasteiger partial charge is 0.108 e. The van der Waals surface area contributed by atoms with E-state index in [0.717, 1.165) is 0 Å². The van der Waals surface area contributed by atoms with Gasteiger partial charge in [0, 0.05) is 15.9 Å². The van der Waals surface area contributed by atoms with Crippen molar-refractivity contribution in [3.63, 3.8) is 0 Å². The molecule has 5 heavy (non-hydrogen) atoms. The maximum atomic E-state index is 4.51. The molecular formula is C2H5BrMg2. The lowest BCUT2D eigenvalue weighted by molar-refractivity contribution is 3.22. The molecule has 0 aliphatic carbocycles. The van der Waals surface area contributed by atoms with Crippen molar-refractivity contribution in [1.29, 1.82) is 0 Å². The molecule has 24 valence electrons. The van der Waals surface area contributed by atoms with Crippen LogP contribution in [0.2, 0.25) is 0 Å². The zero-order chi connectivity index (χ0) is 2.71. The van der Waals surface area contributed by atoms with Crippen molar-refractivity contribution in [2.45, 2.75) is 0 Å². The van der Waals surface area contributed by atoms with Crippen LogP contribution in [0.4, 0.5) is 0 Å². The fraction of sp³-hybridized carbons (Fsp3) is 0. The van der Waals surface area contributed by atoms with Crippen LogP contribution in [0.3, 0.4) is 0 Å². The maximum absolute atomic E-state index is 4.51. The predicted molar refractivity (Wildman–Crippen MR) is 34.8 cm³/mol. The van der Waals surface area contributed by atoms with Gasteiger partial charge in [0.1, 0.15) is 0 Å². The molecule has 0 saturated carbocycles. The van der Waals surface area contributed by atoms with E-state index in [1.54, 1.807) is 0 Å². The summed E-state index contributed by atoms with van der Waals surface area (Å²) >= 11 is 2.67. The summed E-state index contributed by atoms with van der Waals surface area (Å²) in [6, 6.07) is 0. The van der Waals surface area contributed by atoms with Gasteiger partial charge in [-0.25, -0.2) is 0 Å². The van der Waals surface area contributed by atoms with Gasteiger partial charge in [0.2, 0.25) is 0 Å². The second-order valence-corrected chi connectivity index (χ2v) is 0.567. The minimum atomic E-state index is 0. The lowest BCUT2D eigenvalue weighted by atomic mass is 11.4. The Balaban J connectivity index is -0.0000000200. The van der Waals surface area contributed by atoms with Gasteiger partial charge in [0.05, 0.1) is 0 Å². The second kappa shape index (κ2) is 17.6. The molecule has 3 heteroatoms. The van der Waals surface area contributed by atoms with Gasteiger partial charge in [-0.2, -0.15) is 0 Å². The lowest BCUT2D eigenvalue weighted by Crippen LogP contribution is -0.923. The first-order valence-electron chi connectivity index (χ1n) is 0.478. The molecule has 0 fully saturated rings. The van der Waals surface area contributed by atoms with Crippen LogP contribution >= 0.6 is 15.9 Å². The van der Waals surface area contributed by atoms with Crippen LogP contribution in [-0.2, 0) is 0 Å². The van der Waals surface area contributed by atoms with Gasteiger partial charge < -0.3 is 0 Å². The van der Waals surface area contributed by atoms with Crippen LogP contribution in [0.5, 0.6) is 0 Å². The highest BCUT2D eigenvalue weighted by Gasteiger charge is 1.13. The van der Waals surface area contributed by atoms with E-state index in [9.17, 15) is 0 Å². The van der Waals surface area contributed by atoms with Crippen LogP contribution in [0.1, 0.15) is 0 Å². The van der Waals surface area contributed by atoms with E-state index < -0.39 is 0 Å². The molecule has 0 saturated heterocycles. The van der Waals surface area contributed by atoms with Gasteiger partial charge in [0.25, 0.3) is 0 Å². The first-order chi connectivity index (χ1) is 1.41. The number of rotatable bonds is 0. The first-order valence-corrected chi connectivity index (χ1v) is 1.27. The van der Waals surface area contributed by atoms with E-state index in [1.807, 2.05) is 0 Å². The third-order valence-corrected chi connectivity index (χ3v) is 0. The maximum Gasteiger partial charge on any atom is 0.316 e. The lowest BCUT2D eigenvalue weighted by Gasteiger charge is -1.18. The Morgan fingerprint density at radius 2 is 1.40 bits per heavy atom. The van der Waals surface area contributed by atoms with E-state index >= 15 is 0 Å². The van der Waals surface area contributed by atoms with Crippen LogP contribution in [0, 0.1) is 11.3 Å². The minimum absolute atomic E-state index is 0. The number of hydrogen-bond acceptors (Lipinski definition) is 0. The van der Waals surface area contributed by atoms with Gasteiger partial charge in [0.15, 0.2) is 0 Å². The molecular weight excluding hydrogens is 153 g/mol. The zero-order valence-electron chi connectivity index (χ0n) is 1.46. The fourth-order valence-corrected chi connectivity index (χ4v) is 0. The largest absolute Gasteiger partial charge is 0.316 e. The van der Waals surface area contributed by atoms with Crippen molar-refractivity contribution in [2.24, 2.45) is 0 Å². The Kier molecular flexibility index (Phi) is 56.3. The molecule has 0 aliphatic heterocycles. The molecule has 0 aromatic rings. The molecule has 0 bridgehead atoms. The van der Waals surface area contributed by atoms with Crippen LogP contribution in [-0.4, -0.2) is 46.1 Å². The van der Waals surface area contributed by atoms with Crippen molar-refractivity contribution in [1.82, 2.24) is 0 Å². The highest BCUT2D eigenvalue weighted by atomic mass is 79.9. The van der Waals surface area contributed by atoms with Crippen molar-refractivity contribution in [3.05, 3.63) is 0 Å². The van der Waals surface area contributed by atoms with E-state index in [4.69, 9.17) is 0 Å².